The minimum atomic E-state index is -4.83. The Hall–Kier alpha value is -2.29. The van der Waals surface area contributed by atoms with Gasteiger partial charge in [-0.05, 0) is 37.8 Å². The first-order chi connectivity index (χ1) is 12.8. The Bertz CT molecular complexity index is 879. The van der Waals surface area contributed by atoms with Crippen LogP contribution in [-0.4, -0.2) is 33.9 Å². The van der Waals surface area contributed by atoms with Crippen LogP contribution in [0, 0.1) is 5.92 Å². The van der Waals surface area contributed by atoms with E-state index in [9.17, 15) is 23.1 Å². The molecule has 146 valence electrons. The van der Waals surface area contributed by atoms with Gasteiger partial charge in [0.2, 0.25) is 5.76 Å². The molecule has 9 heteroatoms. The molecule has 2 N–H and O–H groups in total. The standard InChI is InChI=1S/C18H20F3N3O3/c1-9-6-12-13(14(18(19,20)21)16(27-12)17(25)26)15-11(9)8-24(23-15)7-10-2-4-22-5-3-10/h8-10,22H,2-7H2,1H3,(H,25,26). The van der Waals surface area contributed by atoms with Crippen LogP contribution in [0.5, 0.6) is 0 Å². The Balaban J connectivity index is 1.79. The normalized spacial score (nSPS) is 20.4. The van der Waals surface area contributed by atoms with Crippen molar-refractivity contribution in [2.45, 2.75) is 44.8 Å². The van der Waals surface area contributed by atoms with Gasteiger partial charge in [-0.3, -0.25) is 4.68 Å². The fourth-order valence-corrected chi connectivity index (χ4v) is 4.10. The van der Waals surface area contributed by atoms with Gasteiger partial charge in [-0.2, -0.15) is 18.3 Å². The second-order valence-electron chi connectivity index (χ2n) is 7.36. The van der Waals surface area contributed by atoms with Crippen LogP contribution in [-0.2, 0) is 19.1 Å². The number of carbonyl (C=O) groups is 1. The zero-order valence-electron chi connectivity index (χ0n) is 14.8. The molecule has 1 aliphatic carbocycles. The lowest BCUT2D eigenvalue weighted by atomic mass is 9.86. The Labute approximate surface area is 153 Å². The molecule has 2 aromatic rings. The number of rotatable bonds is 3. The minimum Gasteiger partial charge on any atom is -0.475 e. The molecule has 1 saturated heterocycles. The molecule has 6 nitrogen and oxygen atoms in total. The fraction of sp³-hybridized carbons (Fsp3) is 0.556. The first-order valence-electron chi connectivity index (χ1n) is 9.00. The number of carboxylic acid groups (broad SMARTS) is 1. The van der Waals surface area contributed by atoms with E-state index < -0.39 is 23.5 Å². The van der Waals surface area contributed by atoms with Crippen molar-refractivity contribution in [3.63, 3.8) is 0 Å². The number of nitrogens with one attached hydrogen (secondary N) is 1. The molecule has 27 heavy (non-hydrogen) atoms. The summed E-state index contributed by atoms with van der Waals surface area (Å²) in [4.78, 5) is 11.3. The average molecular weight is 383 g/mol. The van der Waals surface area contributed by atoms with Crippen molar-refractivity contribution in [3.05, 3.63) is 28.8 Å². The number of nitrogens with zero attached hydrogens (tertiary/aromatic N) is 2. The highest BCUT2D eigenvalue weighted by Gasteiger charge is 2.46. The summed E-state index contributed by atoms with van der Waals surface area (Å²) in [5.41, 5.74) is -0.539. The van der Waals surface area contributed by atoms with Gasteiger partial charge in [0.1, 0.15) is 11.3 Å². The number of carboxylic acids is 1. The number of aromatic carboxylic acids is 1. The maximum absolute atomic E-state index is 13.6. The lowest BCUT2D eigenvalue weighted by molar-refractivity contribution is -0.138. The van der Waals surface area contributed by atoms with E-state index in [2.05, 4.69) is 10.4 Å². The molecule has 1 fully saturated rings. The third kappa shape index (κ3) is 3.13. The van der Waals surface area contributed by atoms with Crippen LogP contribution in [0.1, 0.15) is 53.1 Å². The van der Waals surface area contributed by atoms with Crippen molar-refractivity contribution in [2.75, 3.05) is 13.1 Å². The van der Waals surface area contributed by atoms with Gasteiger partial charge in [0.25, 0.3) is 0 Å². The van der Waals surface area contributed by atoms with Crippen molar-refractivity contribution in [1.29, 1.82) is 0 Å². The van der Waals surface area contributed by atoms with Crippen LogP contribution < -0.4 is 5.32 Å². The molecule has 0 amide bonds. The summed E-state index contributed by atoms with van der Waals surface area (Å²) in [6, 6.07) is 0. The van der Waals surface area contributed by atoms with E-state index in [0.717, 1.165) is 25.9 Å². The van der Waals surface area contributed by atoms with Gasteiger partial charge in [-0.25, -0.2) is 4.79 Å². The summed E-state index contributed by atoms with van der Waals surface area (Å²) >= 11 is 0. The van der Waals surface area contributed by atoms with Crippen LogP contribution in [0.3, 0.4) is 0 Å². The molecule has 2 aliphatic rings. The van der Waals surface area contributed by atoms with Crippen molar-refractivity contribution >= 4 is 5.97 Å². The Kier molecular flexibility index (Phi) is 4.29. The lowest BCUT2D eigenvalue weighted by Crippen LogP contribution is -2.30. The van der Waals surface area contributed by atoms with E-state index >= 15 is 0 Å². The summed E-state index contributed by atoms with van der Waals surface area (Å²) in [7, 11) is 0. The molecule has 0 aromatic carbocycles. The first kappa shape index (κ1) is 18.1. The molecule has 0 saturated carbocycles. The molecular formula is C18H20F3N3O3. The maximum atomic E-state index is 13.6. The molecule has 3 heterocycles. The van der Waals surface area contributed by atoms with Crippen LogP contribution in [0.4, 0.5) is 13.2 Å². The molecule has 0 spiro atoms. The highest BCUT2D eigenvalue weighted by Crippen LogP contribution is 2.48. The van der Waals surface area contributed by atoms with E-state index in [1.807, 2.05) is 6.92 Å². The first-order valence-corrected chi connectivity index (χ1v) is 9.00. The number of fused-ring (bicyclic) bond motifs is 3. The van der Waals surface area contributed by atoms with E-state index in [1.165, 1.54) is 0 Å². The van der Waals surface area contributed by atoms with E-state index in [4.69, 9.17) is 4.42 Å². The Morgan fingerprint density at radius 2 is 2.11 bits per heavy atom. The van der Waals surface area contributed by atoms with E-state index in [0.29, 0.717) is 18.0 Å². The highest BCUT2D eigenvalue weighted by molar-refractivity contribution is 5.91. The number of aromatic nitrogens is 2. The van der Waals surface area contributed by atoms with Crippen molar-refractivity contribution in [2.24, 2.45) is 5.92 Å². The molecule has 1 aliphatic heterocycles. The highest BCUT2D eigenvalue weighted by atomic mass is 19.4. The molecular weight excluding hydrogens is 363 g/mol. The summed E-state index contributed by atoms with van der Waals surface area (Å²) in [5.74, 6) is -2.40. The van der Waals surface area contributed by atoms with Crippen LogP contribution >= 0.6 is 0 Å². The molecule has 4 rings (SSSR count). The molecule has 2 aromatic heterocycles. The topological polar surface area (TPSA) is 80.3 Å². The number of furan rings is 1. The quantitative estimate of drug-likeness (QED) is 0.848. The molecule has 0 bridgehead atoms. The number of alkyl halides is 3. The van der Waals surface area contributed by atoms with Crippen molar-refractivity contribution in [1.82, 2.24) is 15.1 Å². The number of halogens is 3. The third-order valence-corrected chi connectivity index (χ3v) is 5.41. The summed E-state index contributed by atoms with van der Waals surface area (Å²) in [6.45, 7) is 4.37. The van der Waals surface area contributed by atoms with E-state index in [1.54, 1.807) is 10.9 Å². The molecule has 1 atom stereocenters. The second-order valence-corrected chi connectivity index (χ2v) is 7.36. The van der Waals surface area contributed by atoms with Gasteiger partial charge in [0.15, 0.2) is 0 Å². The Morgan fingerprint density at radius 1 is 1.41 bits per heavy atom. The van der Waals surface area contributed by atoms with Crippen LogP contribution in [0.15, 0.2) is 10.6 Å². The van der Waals surface area contributed by atoms with Gasteiger partial charge >= 0.3 is 12.1 Å². The number of piperidine rings is 1. The fourth-order valence-electron chi connectivity index (χ4n) is 4.10. The SMILES string of the molecule is CC1Cc2oc(C(=O)O)c(C(F)(F)F)c2-c2nn(CC3CCNCC3)cc21. The van der Waals surface area contributed by atoms with Gasteiger partial charge < -0.3 is 14.8 Å². The van der Waals surface area contributed by atoms with Gasteiger partial charge in [-0.15, -0.1) is 0 Å². The van der Waals surface area contributed by atoms with Gasteiger partial charge in [-0.1, -0.05) is 6.92 Å². The second kappa shape index (κ2) is 6.40. The largest absolute Gasteiger partial charge is 0.475 e. The third-order valence-electron chi connectivity index (χ3n) is 5.41. The molecule has 0 radical (unpaired) electrons. The molecule has 1 unspecified atom stereocenters. The average Bonchev–Trinajstić information content (AvgIpc) is 3.17. The maximum Gasteiger partial charge on any atom is 0.421 e. The zero-order chi connectivity index (χ0) is 19.3. The van der Waals surface area contributed by atoms with Gasteiger partial charge in [0, 0.05) is 24.7 Å². The van der Waals surface area contributed by atoms with E-state index in [-0.39, 0.29) is 29.4 Å². The zero-order valence-corrected chi connectivity index (χ0v) is 14.8. The monoisotopic (exact) mass is 383 g/mol. The minimum absolute atomic E-state index is 0.0480. The van der Waals surface area contributed by atoms with Crippen molar-refractivity contribution < 1.29 is 27.5 Å². The summed E-state index contributed by atoms with van der Waals surface area (Å²) < 4.78 is 47.8. The Morgan fingerprint density at radius 3 is 2.74 bits per heavy atom. The predicted molar refractivity (Wildman–Crippen MR) is 89.6 cm³/mol. The number of hydrogen-bond acceptors (Lipinski definition) is 4. The van der Waals surface area contributed by atoms with Crippen molar-refractivity contribution in [3.8, 4) is 11.3 Å². The number of hydrogen-bond donors (Lipinski definition) is 2. The van der Waals surface area contributed by atoms with Crippen LogP contribution in [0.25, 0.3) is 11.3 Å². The lowest BCUT2D eigenvalue weighted by Gasteiger charge is -2.22. The summed E-state index contributed by atoms with van der Waals surface area (Å²) in [6.07, 6.45) is -0.820. The van der Waals surface area contributed by atoms with Crippen LogP contribution in [0.2, 0.25) is 0 Å². The smallest absolute Gasteiger partial charge is 0.421 e. The summed E-state index contributed by atoms with van der Waals surface area (Å²) in [5, 5.41) is 16.9. The van der Waals surface area contributed by atoms with Gasteiger partial charge in [0.05, 0.1) is 11.3 Å². The predicted octanol–water partition coefficient (Wildman–Crippen LogP) is 3.52.